The summed E-state index contributed by atoms with van der Waals surface area (Å²) in [5, 5.41) is 9.69. The van der Waals surface area contributed by atoms with Crippen LogP contribution in [0.1, 0.15) is 29.4 Å². The maximum Gasteiger partial charge on any atom is 0.161 e. The number of hydrogen-bond donors (Lipinski definition) is 1. The van der Waals surface area contributed by atoms with Crippen molar-refractivity contribution in [2.24, 2.45) is 0 Å². The average molecular weight is 409 g/mol. The Morgan fingerprint density at radius 3 is 2.58 bits per heavy atom. The molecule has 0 atom stereocenters. The van der Waals surface area contributed by atoms with Gasteiger partial charge in [0.25, 0.3) is 0 Å². The molecule has 0 spiro atoms. The summed E-state index contributed by atoms with van der Waals surface area (Å²) < 4.78 is 11.8. The molecule has 31 heavy (non-hydrogen) atoms. The summed E-state index contributed by atoms with van der Waals surface area (Å²) in [7, 11) is 0. The summed E-state index contributed by atoms with van der Waals surface area (Å²) in [6.45, 7) is 4.97. The molecule has 0 radical (unpaired) electrons. The quantitative estimate of drug-likeness (QED) is 0.385. The lowest BCUT2D eigenvalue weighted by Gasteiger charge is -2.13. The molecule has 5 heteroatoms. The van der Waals surface area contributed by atoms with Gasteiger partial charge in [-0.25, -0.2) is 4.98 Å². The summed E-state index contributed by atoms with van der Waals surface area (Å²) in [6.07, 6.45) is 1.80. The van der Waals surface area contributed by atoms with Crippen molar-refractivity contribution in [2.45, 2.75) is 20.5 Å². The van der Waals surface area contributed by atoms with E-state index >= 15 is 0 Å². The number of imidazole rings is 1. The molecule has 4 rings (SSSR count). The number of benzene rings is 3. The summed E-state index contributed by atoms with van der Waals surface area (Å²) in [6, 6.07) is 23.9. The van der Waals surface area contributed by atoms with E-state index in [0.29, 0.717) is 36.1 Å². The molecule has 0 aliphatic carbocycles. The third-order valence-corrected chi connectivity index (χ3v) is 4.86. The van der Waals surface area contributed by atoms with Gasteiger partial charge in [0.05, 0.1) is 23.2 Å². The number of nitrogens with one attached hydrogen (secondary N) is 1. The molecule has 0 aliphatic heterocycles. The number of hydrogen-bond acceptors (Lipinski definition) is 4. The summed E-state index contributed by atoms with van der Waals surface area (Å²) >= 11 is 0. The summed E-state index contributed by atoms with van der Waals surface area (Å²) in [5.74, 6) is 1.86. The summed E-state index contributed by atoms with van der Waals surface area (Å²) in [4.78, 5) is 7.73. The number of aryl methyl sites for hydroxylation is 1. The predicted molar refractivity (Wildman–Crippen MR) is 123 cm³/mol. The molecule has 1 N–H and O–H groups in total. The van der Waals surface area contributed by atoms with E-state index in [1.54, 1.807) is 6.08 Å². The van der Waals surface area contributed by atoms with Crippen LogP contribution in [-0.2, 0) is 6.61 Å². The fourth-order valence-electron chi connectivity index (χ4n) is 3.25. The first-order valence-corrected chi connectivity index (χ1v) is 10.2. The van der Waals surface area contributed by atoms with E-state index in [2.05, 4.69) is 47.2 Å². The van der Waals surface area contributed by atoms with Crippen molar-refractivity contribution in [2.75, 3.05) is 6.61 Å². The Balaban J connectivity index is 1.59. The van der Waals surface area contributed by atoms with Gasteiger partial charge in [-0.15, -0.1) is 0 Å². The van der Waals surface area contributed by atoms with Crippen molar-refractivity contribution in [3.05, 3.63) is 89.2 Å². The van der Waals surface area contributed by atoms with E-state index < -0.39 is 0 Å². The van der Waals surface area contributed by atoms with Crippen LogP contribution in [-0.4, -0.2) is 16.6 Å². The molecular formula is C26H23N3O2. The highest BCUT2D eigenvalue weighted by atomic mass is 16.5. The van der Waals surface area contributed by atoms with Crippen molar-refractivity contribution in [1.82, 2.24) is 9.97 Å². The van der Waals surface area contributed by atoms with E-state index in [1.165, 1.54) is 5.56 Å². The third-order valence-electron chi connectivity index (χ3n) is 4.86. The number of H-pyrrole nitrogens is 1. The number of ether oxygens (including phenoxy) is 2. The molecule has 0 saturated carbocycles. The molecule has 1 heterocycles. The predicted octanol–water partition coefficient (Wildman–Crippen LogP) is 5.91. The third kappa shape index (κ3) is 4.76. The van der Waals surface area contributed by atoms with E-state index in [1.807, 2.05) is 49.4 Å². The number of nitriles is 1. The topological polar surface area (TPSA) is 70.9 Å². The standard InChI is InChI=1S/C26H23N3O2/c1-3-30-25-15-20(12-13-24(25)31-17-19-10-8-18(2)9-11-19)14-21(16-27)26-28-22-6-4-5-7-23(22)29-26/h4-15H,3,17H2,1-2H3,(H,28,29)/b21-14+. The van der Waals surface area contributed by atoms with Crippen LogP contribution in [0.5, 0.6) is 11.5 Å². The highest BCUT2D eigenvalue weighted by molar-refractivity contribution is 5.90. The van der Waals surface area contributed by atoms with Gasteiger partial charge < -0.3 is 14.5 Å². The second-order valence-electron chi connectivity index (χ2n) is 7.19. The van der Waals surface area contributed by atoms with Crippen LogP contribution in [0.25, 0.3) is 22.7 Å². The molecule has 0 bridgehead atoms. The Kier molecular flexibility index (Phi) is 6.00. The molecule has 0 fully saturated rings. The number of aromatic amines is 1. The normalized spacial score (nSPS) is 11.3. The van der Waals surface area contributed by atoms with Gasteiger partial charge in [-0.3, -0.25) is 0 Å². The lowest BCUT2D eigenvalue weighted by atomic mass is 10.1. The van der Waals surface area contributed by atoms with Crippen molar-refractivity contribution in [1.29, 1.82) is 5.26 Å². The van der Waals surface area contributed by atoms with Crippen LogP contribution in [0.2, 0.25) is 0 Å². The Hall–Kier alpha value is -4.04. The number of nitrogens with zero attached hydrogens (tertiary/aromatic N) is 2. The first kappa shape index (κ1) is 20.2. The van der Waals surface area contributed by atoms with Gasteiger partial charge in [0.1, 0.15) is 18.5 Å². The van der Waals surface area contributed by atoms with Crippen molar-refractivity contribution in [3.8, 4) is 17.6 Å². The van der Waals surface area contributed by atoms with Gasteiger partial charge in [0.15, 0.2) is 11.5 Å². The minimum Gasteiger partial charge on any atom is -0.490 e. The molecule has 3 aromatic carbocycles. The maximum absolute atomic E-state index is 9.69. The highest BCUT2D eigenvalue weighted by Gasteiger charge is 2.10. The zero-order chi connectivity index (χ0) is 21.6. The Morgan fingerprint density at radius 1 is 1.03 bits per heavy atom. The second-order valence-corrected chi connectivity index (χ2v) is 7.19. The number of allylic oxidation sites excluding steroid dienone is 1. The lowest BCUT2D eigenvalue weighted by molar-refractivity contribution is 0.269. The first-order valence-electron chi connectivity index (χ1n) is 10.2. The molecule has 0 saturated heterocycles. The van der Waals surface area contributed by atoms with Crippen LogP contribution in [0, 0.1) is 18.3 Å². The molecule has 0 aliphatic rings. The van der Waals surface area contributed by atoms with Gasteiger partial charge >= 0.3 is 0 Å². The molecule has 1 aromatic heterocycles. The van der Waals surface area contributed by atoms with Crippen LogP contribution < -0.4 is 9.47 Å². The van der Waals surface area contributed by atoms with Crippen molar-refractivity contribution in [3.63, 3.8) is 0 Å². The monoisotopic (exact) mass is 409 g/mol. The van der Waals surface area contributed by atoms with Gasteiger partial charge in [-0.2, -0.15) is 5.26 Å². The van der Waals surface area contributed by atoms with Crippen LogP contribution in [0.4, 0.5) is 0 Å². The summed E-state index contributed by atoms with van der Waals surface area (Å²) in [5.41, 5.74) is 5.32. The zero-order valence-corrected chi connectivity index (χ0v) is 17.6. The fraction of sp³-hybridized carbons (Fsp3) is 0.154. The van der Waals surface area contributed by atoms with E-state index in [9.17, 15) is 5.26 Å². The van der Waals surface area contributed by atoms with Crippen molar-refractivity contribution >= 4 is 22.7 Å². The van der Waals surface area contributed by atoms with Crippen LogP contribution in [0.15, 0.2) is 66.7 Å². The van der Waals surface area contributed by atoms with E-state index in [4.69, 9.17) is 9.47 Å². The molecular weight excluding hydrogens is 386 g/mol. The van der Waals surface area contributed by atoms with Crippen LogP contribution in [0.3, 0.4) is 0 Å². The second kappa shape index (κ2) is 9.19. The SMILES string of the molecule is CCOc1cc(/C=C(\C#N)c2nc3ccccc3[nH]2)ccc1OCc1ccc(C)cc1. The van der Waals surface area contributed by atoms with Gasteiger partial charge in [-0.1, -0.05) is 48.0 Å². The minimum atomic E-state index is 0.451. The Bertz CT molecular complexity index is 1230. The zero-order valence-electron chi connectivity index (χ0n) is 17.6. The van der Waals surface area contributed by atoms with E-state index in [-0.39, 0.29) is 0 Å². The number of aromatic nitrogens is 2. The number of fused-ring (bicyclic) bond motifs is 1. The van der Waals surface area contributed by atoms with Gasteiger partial charge in [0.2, 0.25) is 0 Å². The van der Waals surface area contributed by atoms with Gasteiger partial charge in [-0.05, 0) is 55.3 Å². The first-order chi connectivity index (χ1) is 15.2. The Morgan fingerprint density at radius 2 is 1.84 bits per heavy atom. The molecule has 5 nitrogen and oxygen atoms in total. The largest absolute Gasteiger partial charge is 0.490 e. The molecule has 0 amide bonds. The minimum absolute atomic E-state index is 0.451. The lowest BCUT2D eigenvalue weighted by Crippen LogP contribution is -2.00. The number of rotatable bonds is 7. The molecule has 0 unspecified atom stereocenters. The smallest absolute Gasteiger partial charge is 0.161 e. The highest BCUT2D eigenvalue weighted by Crippen LogP contribution is 2.31. The van der Waals surface area contributed by atoms with Gasteiger partial charge in [0, 0.05) is 0 Å². The van der Waals surface area contributed by atoms with E-state index in [0.717, 1.165) is 22.2 Å². The number of para-hydroxylation sites is 2. The molecule has 154 valence electrons. The molecule has 4 aromatic rings. The Labute approximate surface area is 181 Å². The fourth-order valence-corrected chi connectivity index (χ4v) is 3.25. The maximum atomic E-state index is 9.69. The van der Waals surface area contributed by atoms with Crippen molar-refractivity contribution < 1.29 is 9.47 Å². The van der Waals surface area contributed by atoms with Crippen LogP contribution >= 0.6 is 0 Å². The average Bonchev–Trinajstić information content (AvgIpc) is 3.22.